The molecule has 8 heteroatoms. The fourth-order valence-electron chi connectivity index (χ4n) is 2.38. The van der Waals surface area contributed by atoms with Crippen molar-refractivity contribution in [1.82, 2.24) is 15.1 Å². The minimum Gasteiger partial charge on any atom is -0.444 e. The van der Waals surface area contributed by atoms with Gasteiger partial charge in [0.1, 0.15) is 5.60 Å². The Kier molecular flexibility index (Phi) is 6.05. The van der Waals surface area contributed by atoms with Gasteiger partial charge in [-0.3, -0.25) is 9.59 Å². The van der Waals surface area contributed by atoms with E-state index in [1.807, 2.05) is 33.8 Å². The van der Waals surface area contributed by atoms with Crippen molar-refractivity contribution in [3.05, 3.63) is 21.9 Å². The van der Waals surface area contributed by atoms with Crippen molar-refractivity contribution < 1.29 is 19.1 Å². The summed E-state index contributed by atoms with van der Waals surface area (Å²) in [6.07, 6.45) is -0.360. The van der Waals surface area contributed by atoms with Crippen LogP contribution in [0.3, 0.4) is 0 Å². The van der Waals surface area contributed by atoms with Crippen LogP contribution in [0.15, 0.2) is 12.1 Å². The van der Waals surface area contributed by atoms with Gasteiger partial charge in [0.15, 0.2) is 0 Å². The standard InChI is InChI=1S/C17H25N3O4S/c1-12-5-6-13(25-12)15(22)18-11-14(21)19-7-9-20(10-8-19)16(23)24-17(2,3)4/h5-6H,7-11H2,1-4H3,(H,18,22). The number of amides is 3. The summed E-state index contributed by atoms with van der Waals surface area (Å²) >= 11 is 1.40. The van der Waals surface area contributed by atoms with Gasteiger partial charge in [-0.15, -0.1) is 11.3 Å². The molecule has 2 rings (SSSR count). The predicted octanol–water partition coefficient (Wildman–Crippen LogP) is 1.87. The van der Waals surface area contributed by atoms with E-state index in [9.17, 15) is 14.4 Å². The van der Waals surface area contributed by atoms with Crippen molar-refractivity contribution in [2.75, 3.05) is 32.7 Å². The average molecular weight is 367 g/mol. The molecule has 7 nitrogen and oxygen atoms in total. The van der Waals surface area contributed by atoms with E-state index in [2.05, 4.69) is 5.32 Å². The van der Waals surface area contributed by atoms with Gasteiger partial charge in [0, 0.05) is 31.1 Å². The zero-order chi connectivity index (χ0) is 18.6. The van der Waals surface area contributed by atoms with E-state index in [1.54, 1.807) is 15.9 Å². The molecule has 0 bridgehead atoms. The molecule has 1 fully saturated rings. The molecule has 0 unspecified atom stereocenters. The Morgan fingerprint density at radius 1 is 1.12 bits per heavy atom. The molecule has 1 N–H and O–H groups in total. The lowest BCUT2D eigenvalue weighted by molar-refractivity contribution is -0.131. The second kappa shape index (κ2) is 7.86. The van der Waals surface area contributed by atoms with Crippen LogP contribution in [0.5, 0.6) is 0 Å². The fourth-order valence-corrected chi connectivity index (χ4v) is 3.16. The lowest BCUT2D eigenvalue weighted by Crippen LogP contribution is -2.53. The molecule has 3 amide bonds. The Morgan fingerprint density at radius 2 is 1.72 bits per heavy atom. The van der Waals surface area contributed by atoms with Gasteiger partial charge in [-0.2, -0.15) is 0 Å². The number of carbonyl (C=O) groups excluding carboxylic acids is 3. The zero-order valence-corrected chi connectivity index (χ0v) is 15.9. The summed E-state index contributed by atoms with van der Waals surface area (Å²) in [5.74, 6) is -0.385. The summed E-state index contributed by atoms with van der Waals surface area (Å²) in [5.41, 5.74) is -0.533. The van der Waals surface area contributed by atoms with Gasteiger partial charge >= 0.3 is 6.09 Å². The SMILES string of the molecule is Cc1ccc(C(=O)NCC(=O)N2CCN(C(=O)OC(C)(C)C)CC2)s1. The van der Waals surface area contributed by atoms with E-state index >= 15 is 0 Å². The first-order valence-electron chi connectivity index (χ1n) is 8.26. The number of ether oxygens (including phenoxy) is 1. The zero-order valence-electron chi connectivity index (χ0n) is 15.1. The highest BCUT2D eigenvalue weighted by Gasteiger charge is 2.27. The van der Waals surface area contributed by atoms with Gasteiger partial charge in [-0.1, -0.05) is 0 Å². The topological polar surface area (TPSA) is 79.0 Å². The van der Waals surface area contributed by atoms with E-state index in [0.29, 0.717) is 31.1 Å². The van der Waals surface area contributed by atoms with Gasteiger partial charge in [0.25, 0.3) is 5.91 Å². The summed E-state index contributed by atoms with van der Waals surface area (Å²) in [5, 5.41) is 2.65. The maximum atomic E-state index is 12.2. The number of nitrogens with one attached hydrogen (secondary N) is 1. The third-order valence-electron chi connectivity index (χ3n) is 3.65. The molecule has 1 aliphatic rings. The van der Waals surface area contributed by atoms with E-state index < -0.39 is 5.60 Å². The fraction of sp³-hybridized carbons (Fsp3) is 0.588. The van der Waals surface area contributed by atoms with Crippen LogP contribution < -0.4 is 5.32 Å². The van der Waals surface area contributed by atoms with Gasteiger partial charge in [0.2, 0.25) is 5.91 Å². The highest BCUT2D eigenvalue weighted by atomic mass is 32.1. The number of hydrogen-bond acceptors (Lipinski definition) is 5. The number of aryl methyl sites for hydroxylation is 1. The molecule has 1 saturated heterocycles. The quantitative estimate of drug-likeness (QED) is 0.884. The van der Waals surface area contributed by atoms with Crippen LogP contribution >= 0.6 is 11.3 Å². The van der Waals surface area contributed by atoms with Crippen LogP contribution in [0, 0.1) is 6.92 Å². The first kappa shape index (κ1) is 19.2. The van der Waals surface area contributed by atoms with Crippen LogP contribution in [-0.2, 0) is 9.53 Å². The van der Waals surface area contributed by atoms with Gasteiger partial charge < -0.3 is 19.9 Å². The number of nitrogens with zero attached hydrogens (tertiary/aromatic N) is 2. The summed E-state index contributed by atoms with van der Waals surface area (Å²) in [6, 6.07) is 3.62. The minimum atomic E-state index is -0.533. The molecule has 1 aromatic heterocycles. The molecule has 1 aliphatic heterocycles. The van der Waals surface area contributed by atoms with E-state index in [-0.39, 0.29) is 24.5 Å². The molecule has 0 radical (unpaired) electrons. The molecular formula is C17H25N3O4S. The van der Waals surface area contributed by atoms with Crippen LogP contribution in [0.4, 0.5) is 4.79 Å². The highest BCUT2D eigenvalue weighted by molar-refractivity contribution is 7.13. The molecular weight excluding hydrogens is 342 g/mol. The van der Waals surface area contributed by atoms with E-state index in [0.717, 1.165) is 4.88 Å². The molecule has 0 spiro atoms. The van der Waals surface area contributed by atoms with E-state index in [4.69, 9.17) is 4.74 Å². The molecule has 1 aromatic rings. The third-order valence-corrected chi connectivity index (χ3v) is 4.65. The molecule has 0 aromatic carbocycles. The second-order valence-corrected chi connectivity index (χ2v) is 8.23. The van der Waals surface area contributed by atoms with Crippen molar-refractivity contribution in [3.8, 4) is 0 Å². The number of hydrogen-bond donors (Lipinski definition) is 1. The minimum absolute atomic E-state index is 0.0395. The van der Waals surface area contributed by atoms with Crippen LogP contribution in [0.1, 0.15) is 35.3 Å². The van der Waals surface area contributed by atoms with Gasteiger partial charge in [-0.25, -0.2) is 4.79 Å². The average Bonchev–Trinajstić information content (AvgIpc) is 2.97. The van der Waals surface area contributed by atoms with Crippen LogP contribution in [0.25, 0.3) is 0 Å². The number of piperazine rings is 1. The van der Waals surface area contributed by atoms with Crippen molar-refractivity contribution in [1.29, 1.82) is 0 Å². The number of carbonyl (C=O) groups is 3. The van der Waals surface area contributed by atoms with Crippen LogP contribution in [-0.4, -0.2) is 66.0 Å². The van der Waals surface area contributed by atoms with Gasteiger partial charge in [-0.05, 0) is 39.8 Å². The van der Waals surface area contributed by atoms with E-state index in [1.165, 1.54) is 11.3 Å². The maximum absolute atomic E-state index is 12.2. The molecule has 138 valence electrons. The van der Waals surface area contributed by atoms with Crippen molar-refractivity contribution in [2.24, 2.45) is 0 Å². The first-order valence-corrected chi connectivity index (χ1v) is 9.08. The molecule has 2 heterocycles. The lowest BCUT2D eigenvalue weighted by atomic mass is 10.2. The first-order chi connectivity index (χ1) is 11.7. The predicted molar refractivity (Wildman–Crippen MR) is 95.8 cm³/mol. The summed E-state index contributed by atoms with van der Waals surface area (Å²) in [4.78, 5) is 41.1. The Labute approximate surface area is 151 Å². The molecule has 0 atom stereocenters. The maximum Gasteiger partial charge on any atom is 0.410 e. The van der Waals surface area contributed by atoms with Gasteiger partial charge in [0.05, 0.1) is 11.4 Å². The summed E-state index contributed by atoms with van der Waals surface area (Å²) < 4.78 is 5.33. The summed E-state index contributed by atoms with van der Waals surface area (Å²) in [7, 11) is 0. The molecule has 25 heavy (non-hydrogen) atoms. The number of rotatable bonds is 3. The summed E-state index contributed by atoms with van der Waals surface area (Å²) in [6.45, 7) is 9.09. The van der Waals surface area contributed by atoms with Crippen LogP contribution in [0.2, 0.25) is 0 Å². The smallest absolute Gasteiger partial charge is 0.410 e. The largest absolute Gasteiger partial charge is 0.444 e. The Morgan fingerprint density at radius 3 is 2.24 bits per heavy atom. The highest BCUT2D eigenvalue weighted by Crippen LogP contribution is 2.15. The Hall–Kier alpha value is -2.09. The third kappa shape index (κ3) is 5.74. The van der Waals surface area contributed by atoms with Crippen molar-refractivity contribution >= 4 is 29.2 Å². The Bertz CT molecular complexity index is 643. The van der Waals surface area contributed by atoms with Crippen molar-refractivity contribution in [2.45, 2.75) is 33.3 Å². The normalized spacial score (nSPS) is 15.0. The second-order valence-electron chi connectivity index (χ2n) is 6.94. The molecule has 0 saturated carbocycles. The molecule has 0 aliphatic carbocycles. The van der Waals surface area contributed by atoms with Crippen molar-refractivity contribution in [3.63, 3.8) is 0 Å². The lowest BCUT2D eigenvalue weighted by Gasteiger charge is -2.35. The number of thiophene rings is 1. The monoisotopic (exact) mass is 367 g/mol. The Balaban J connectivity index is 1.75.